The number of likely N-dealkylation sites (N-methyl/N-ethyl adjacent to an activating group) is 1. The van der Waals surface area contributed by atoms with Crippen molar-refractivity contribution in [3.05, 3.63) is 58.8 Å². The predicted octanol–water partition coefficient (Wildman–Crippen LogP) is 1.65. The van der Waals surface area contributed by atoms with Crippen LogP contribution in [-0.2, 0) is 9.59 Å². The molecular formula is C23H27N5O2. The van der Waals surface area contributed by atoms with Crippen molar-refractivity contribution in [2.75, 3.05) is 33.7 Å². The van der Waals surface area contributed by atoms with E-state index in [2.05, 4.69) is 37.9 Å². The van der Waals surface area contributed by atoms with E-state index in [9.17, 15) is 9.59 Å². The quantitative estimate of drug-likeness (QED) is 0.730. The van der Waals surface area contributed by atoms with Crippen LogP contribution < -0.4 is 10.6 Å². The van der Waals surface area contributed by atoms with Gasteiger partial charge in [0.1, 0.15) is 0 Å². The molecule has 0 radical (unpaired) electrons. The van der Waals surface area contributed by atoms with Crippen molar-refractivity contribution in [2.45, 2.75) is 24.4 Å². The van der Waals surface area contributed by atoms with Gasteiger partial charge in [0.05, 0.1) is 30.7 Å². The molecule has 2 aliphatic carbocycles. The molecular weight excluding hydrogens is 378 g/mol. The van der Waals surface area contributed by atoms with E-state index in [-0.39, 0.29) is 41.5 Å². The fraction of sp³-hybridized carbons (Fsp3) is 0.478. The lowest BCUT2D eigenvalue weighted by Crippen LogP contribution is -2.44. The van der Waals surface area contributed by atoms with Gasteiger partial charge in [0.25, 0.3) is 0 Å². The zero-order valence-corrected chi connectivity index (χ0v) is 17.3. The summed E-state index contributed by atoms with van der Waals surface area (Å²) in [7, 11) is 4.08. The van der Waals surface area contributed by atoms with Crippen LogP contribution in [-0.4, -0.2) is 62.4 Å². The summed E-state index contributed by atoms with van der Waals surface area (Å²) < 4.78 is 0. The van der Waals surface area contributed by atoms with Crippen LogP contribution >= 0.6 is 0 Å². The van der Waals surface area contributed by atoms with Gasteiger partial charge in [-0.3, -0.25) is 14.9 Å². The summed E-state index contributed by atoms with van der Waals surface area (Å²) in [6, 6.07) is 10.2. The van der Waals surface area contributed by atoms with Crippen molar-refractivity contribution in [3.8, 4) is 0 Å². The minimum atomic E-state index is -0.333. The Hall–Kier alpha value is -2.64. The number of hydrogen-bond acceptors (Lipinski definition) is 6. The lowest BCUT2D eigenvalue weighted by atomic mass is 9.81. The zero-order valence-electron chi connectivity index (χ0n) is 17.3. The molecule has 0 bridgehead atoms. The summed E-state index contributed by atoms with van der Waals surface area (Å²) in [5.41, 5.74) is 3.89. The molecule has 1 aromatic carbocycles. The molecule has 7 nitrogen and oxygen atoms in total. The number of ketones is 1. The van der Waals surface area contributed by atoms with E-state index < -0.39 is 0 Å². The highest BCUT2D eigenvalue weighted by Gasteiger charge is 2.47. The van der Waals surface area contributed by atoms with E-state index in [1.54, 1.807) is 0 Å². The molecule has 0 spiro atoms. The van der Waals surface area contributed by atoms with Gasteiger partial charge in [0.2, 0.25) is 5.91 Å². The Morgan fingerprint density at radius 1 is 1.23 bits per heavy atom. The van der Waals surface area contributed by atoms with Crippen LogP contribution in [0.3, 0.4) is 0 Å². The Morgan fingerprint density at radius 3 is 2.80 bits per heavy atom. The van der Waals surface area contributed by atoms with E-state index >= 15 is 0 Å². The third-order valence-electron chi connectivity index (χ3n) is 6.56. The third-order valence-corrected chi connectivity index (χ3v) is 6.56. The molecule has 0 aromatic heterocycles. The van der Waals surface area contributed by atoms with E-state index in [4.69, 9.17) is 0 Å². The van der Waals surface area contributed by atoms with Crippen LogP contribution in [0.5, 0.6) is 0 Å². The number of Topliss-reactive ketones (excluding diaryl/α,β-unsaturated/α-hetero) is 1. The SMILES string of the molecule is CN(C)CC1NC2C=C(NC(=O)[C@@H]3C[C@H]3c3ccccc3)C(=O)C3CN=NCC1=C23. The lowest BCUT2D eigenvalue weighted by molar-refractivity contribution is -0.125. The van der Waals surface area contributed by atoms with Gasteiger partial charge in [-0.15, -0.1) is 0 Å². The first-order valence-electron chi connectivity index (χ1n) is 10.6. The van der Waals surface area contributed by atoms with Gasteiger partial charge in [0.15, 0.2) is 5.78 Å². The second-order valence-corrected chi connectivity index (χ2v) is 8.91. The number of carbonyl (C=O) groups excluding carboxylic acids is 2. The number of nitrogens with zero attached hydrogens (tertiary/aromatic N) is 3. The fourth-order valence-corrected chi connectivity index (χ4v) is 5.02. The number of azo groups is 1. The average Bonchev–Trinajstić information content (AvgIpc) is 3.49. The lowest BCUT2D eigenvalue weighted by Gasteiger charge is -2.27. The fourth-order valence-electron chi connectivity index (χ4n) is 5.02. The first-order valence-corrected chi connectivity index (χ1v) is 10.6. The predicted molar refractivity (Wildman–Crippen MR) is 113 cm³/mol. The maximum absolute atomic E-state index is 13.2. The van der Waals surface area contributed by atoms with Gasteiger partial charge in [-0.05, 0) is 49.2 Å². The van der Waals surface area contributed by atoms with Gasteiger partial charge in [0, 0.05) is 18.5 Å². The largest absolute Gasteiger partial charge is 0.323 e. The molecule has 0 saturated heterocycles. The molecule has 7 heteroatoms. The first kappa shape index (κ1) is 19.3. The number of amides is 1. The van der Waals surface area contributed by atoms with Crippen molar-refractivity contribution in [1.29, 1.82) is 0 Å². The smallest absolute Gasteiger partial charge is 0.228 e. The van der Waals surface area contributed by atoms with Crippen LogP contribution in [0, 0.1) is 11.8 Å². The maximum Gasteiger partial charge on any atom is 0.228 e. The molecule has 1 fully saturated rings. The standard InChI is InChI=1S/C23H27N5O2/c1-28(2)12-20-16-10-24-25-11-17-21(16)18(26-20)9-19(22(17)29)27-23(30)15-8-14(15)13-6-4-3-5-7-13/h3-7,9,14-15,17-18,20,26H,8,10-12H2,1-2H3,(H,27,30)/t14-,15+,17?,18?,20?/m0/s1. The molecule has 5 atom stereocenters. The summed E-state index contributed by atoms with van der Waals surface area (Å²) in [5.74, 6) is -0.263. The molecule has 3 unspecified atom stereocenters. The Labute approximate surface area is 176 Å². The number of nitrogens with one attached hydrogen (secondary N) is 2. The number of allylic oxidation sites excluding steroid dienone is 1. The Kier molecular flexibility index (Phi) is 4.87. The van der Waals surface area contributed by atoms with Crippen molar-refractivity contribution in [3.63, 3.8) is 0 Å². The summed E-state index contributed by atoms with van der Waals surface area (Å²) in [6.07, 6.45) is 2.73. The number of hydrogen-bond donors (Lipinski definition) is 2. The number of benzene rings is 1. The van der Waals surface area contributed by atoms with Gasteiger partial charge >= 0.3 is 0 Å². The van der Waals surface area contributed by atoms with Gasteiger partial charge in [-0.1, -0.05) is 30.3 Å². The molecule has 156 valence electrons. The molecule has 1 saturated carbocycles. The molecule has 5 rings (SSSR count). The highest BCUT2D eigenvalue weighted by molar-refractivity contribution is 6.04. The van der Waals surface area contributed by atoms with Gasteiger partial charge < -0.3 is 10.2 Å². The Morgan fingerprint density at radius 2 is 2.03 bits per heavy atom. The minimum absolute atomic E-state index is 0.0443. The molecule has 30 heavy (non-hydrogen) atoms. The molecule has 4 aliphatic rings. The van der Waals surface area contributed by atoms with E-state index in [0.29, 0.717) is 18.8 Å². The Bertz CT molecular complexity index is 965. The summed E-state index contributed by atoms with van der Waals surface area (Å²) in [5, 5.41) is 15.1. The van der Waals surface area contributed by atoms with Crippen molar-refractivity contribution >= 4 is 11.7 Å². The van der Waals surface area contributed by atoms with E-state index in [1.807, 2.05) is 38.4 Å². The monoisotopic (exact) mass is 405 g/mol. The normalized spacial score (nSPS) is 32.0. The summed E-state index contributed by atoms with van der Waals surface area (Å²) in [6.45, 7) is 1.73. The average molecular weight is 406 g/mol. The summed E-state index contributed by atoms with van der Waals surface area (Å²) >= 11 is 0. The second kappa shape index (κ2) is 7.56. The molecule has 1 aromatic rings. The second-order valence-electron chi connectivity index (χ2n) is 8.91. The molecule has 2 N–H and O–H groups in total. The molecule has 2 heterocycles. The highest BCUT2D eigenvalue weighted by atomic mass is 16.2. The zero-order chi connectivity index (χ0) is 20.8. The number of rotatable bonds is 5. The maximum atomic E-state index is 13.2. The van der Waals surface area contributed by atoms with Crippen LogP contribution in [0.1, 0.15) is 17.9 Å². The summed E-state index contributed by atoms with van der Waals surface area (Å²) in [4.78, 5) is 28.2. The van der Waals surface area contributed by atoms with Crippen molar-refractivity contribution < 1.29 is 9.59 Å². The molecule has 2 aliphatic heterocycles. The van der Waals surface area contributed by atoms with Crippen LogP contribution in [0.2, 0.25) is 0 Å². The first-order chi connectivity index (χ1) is 14.5. The van der Waals surface area contributed by atoms with Crippen LogP contribution in [0.25, 0.3) is 0 Å². The van der Waals surface area contributed by atoms with E-state index in [1.165, 1.54) is 11.1 Å². The van der Waals surface area contributed by atoms with Crippen molar-refractivity contribution in [2.24, 2.45) is 22.1 Å². The minimum Gasteiger partial charge on any atom is -0.323 e. The molecule has 1 amide bonds. The van der Waals surface area contributed by atoms with Gasteiger partial charge in [-0.2, -0.15) is 10.2 Å². The topological polar surface area (TPSA) is 86.2 Å². The van der Waals surface area contributed by atoms with Crippen LogP contribution in [0.4, 0.5) is 0 Å². The number of carbonyl (C=O) groups is 2. The van der Waals surface area contributed by atoms with E-state index in [0.717, 1.165) is 18.5 Å². The third kappa shape index (κ3) is 3.42. The highest BCUT2D eigenvalue weighted by Crippen LogP contribution is 2.47. The van der Waals surface area contributed by atoms with Gasteiger partial charge in [-0.25, -0.2) is 0 Å². The Balaban J connectivity index is 1.35. The van der Waals surface area contributed by atoms with Crippen molar-refractivity contribution in [1.82, 2.24) is 15.5 Å². The van der Waals surface area contributed by atoms with Crippen LogP contribution in [0.15, 0.2) is 63.5 Å².